The van der Waals surface area contributed by atoms with Crippen molar-refractivity contribution >= 4 is 0 Å². The molecule has 3 heteroatoms. The molecule has 1 saturated heterocycles. The number of hydrogen-bond acceptors (Lipinski definition) is 3. The minimum absolute atomic E-state index is 0.0113. The topological polar surface area (TPSA) is 35.5 Å². The van der Waals surface area contributed by atoms with E-state index in [1.54, 1.807) is 0 Å². The largest absolute Gasteiger partial charge is 0.394 e. The second kappa shape index (κ2) is 3.56. The van der Waals surface area contributed by atoms with E-state index in [4.69, 9.17) is 0 Å². The summed E-state index contributed by atoms with van der Waals surface area (Å²) in [7, 11) is 0. The van der Waals surface area contributed by atoms with Crippen LogP contribution in [0.3, 0.4) is 0 Å². The molecule has 1 aliphatic carbocycles. The van der Waals surface area contributed by atoms with Gasteiger partial charge in [-0.3, -0.25) is 4.90 Å². The summed E-state index contributed by atoms with van der Waals surface area (Å²) < 4.78 is 0. The lowest BCUT2D eigenvalue weighted by molar-refractivity contribution is 0.161. The maximum absolute atomic E-state index is 9.38. The van der Waals surface area contributed by atoms with Gasteiger partial charge in [0.1, 0.15) is 0 Å². The summed E-state index contributed by atoms with van der Waals surface area (Å²) in [4.78, 5) is 2.53. The van der Waals surface area contributed by atoms with E-state index in [-0.39, 0.29) is 12.1 Å². The minimum Gasteiger partial charge on any atom is -0.394 e. The standard InChI is InChI=1S/C10H20N2O/c1-2-11-10(8-13)5-6-12(7-10)9-3-4-9/h9,11,13H,2-8H2,1H3. The van der Waals surface area contributed by atoms with Gasteiger partial charge in [0.15, 0.2) is 0 Å². The van der Waals surface area contributed by atoms with Gasteiger partial charge < -0.3 is 10.4 Å². The fourth-order valence-electron chi connectivity index (χ4n) is 2.36. The summed E-state index contributed by atoms with van der Waals surface area (Å²) >= 11 is 0. The summed E-state index contributed by atoms with van der Waals surface area (Å²) in [5.74, 6) is 0. The summed E-state index contributed by atoms with van der Waals surface area (Å²) in [5, 5.41) is 12.8. The monoisotopic (exact) mass is 184 g/mol. The third-order valence-corrected chi connectivity index (χ3v) is 3.30. The van der Waals surface area contributed by atoms with Crippen molar-refractivity contribution in [2.24, 2.45) is 0 Å². The molecule has 3 nitrogen and oxygen atoms in total. The SMILES string of the molecule is CCNC1(CO)CCN(C2CC2)C1. The molecule has 76 valence electrons. The van der Waals surface area contributed by atoms with E-state index in [1.807, 2.05) is 0 Å². The molecule has 2 rings (SSSR count). The molecule has 0 spiro atoms. The van der Waals surface area contributed by atoms with Crippen molar-refractivity contribution in [3.8, 4) is 0 Å². The molecule has 2 fully saturated rings. The predicted octanol–water partition coefficient (Wildman–Crippen LogP) is 0.195. The van der Waals surface area contributed by atoms with Crippen LogP contribution in [-0.2, 0) is 0 Å². The first-order chi connectivity index (χ1) is 6.29. The molecule has 0 aromatic rings. The predicted molar refractivity (Wildman–Crippen MR) is 52.7 cm³/mol. The van der Waals surface area contributed by atoms with E-state index in [0.29, 0.717) is 0 Å². The highest BCUT2D eigenvalue weighted by molar-refractivity contribution is 5.01. The molecular formula is C10H20N2O. The maximum atomic E-state index is 9.38. The van der Waals surface area contributed by atoms with E-state index in [1.165, 1.54) is 12.8 Å². The Hall–Kier alpha value is -0.120. The van der Waals surface area contributed by atoms with Gasteiger partial charge in [0.25, 0.3) is 0 Å². The quantitative estimate of drug-likeness (QED) is 0.655. The van der Waals surface area contributed by atoms with Crippen LogP contribution in [-0.4, -0.2) is 47.8 Å². The van der Waals surface area contributed by atoms with Gasteiger partial charge in [0.2, 0.25) is 0 Å². The number of nitrogens with one attached hydrogen (secondary N) is 1. The van der Waals surface area contributed by atoms with Crippen molar-refractivity contribution in [1.82, 2.24) is 10.2 Å². The van der Waals surface area contributed by atoms with Crippen LogP contribution in [0.5, 0.6) is 0 Å². The lowest BCUT2D eigenvalue weighted by atomic mass is 10.0. The van der Waals surface area contributed by atoms with Crippen LogP contribution < -0.4 is 5.32 Å². The number of likely N-dealkylation sites (tertiary alicyclic amines) is 1. The van der Waals surface area contributed by atoms with Crippen LogP contribution in [0.15, 0.2) is 0 Å². The van der Waals surface area contributed by atoms with Crippen LogP contribution in [0.4, 0.5) is 0 Å². The van der Waals surface area contributed by atoms with Crippen molar-refractivity contribution < 1.29 is 5.11 Å². The zero-order chi connectivity index (χ0) is 9.31. The van der Waals surface area contributed by atoms with Gasteiger partial charge in [-0.25, -0.2) is 0 Å². The number of likely N-dealkylation sites (N-methyl/N-ethyl adjacent to an activating group) is 1. The van der Waals surface area contributed by atoms with Crippen LogP contribution in [0.25, 0.3) is 0 Å². The number of nitrogens with zero attached hydrogens (tertiary/aromatic N) is 1. The molecule has 0 radical (unpaired) electrons. The summed E-state index contributed by atoms with van der Waals surface area (Å²) in [6.07, 6.45) is 3.84. The van der Waals surface area contributed by atoms with Gasteiger partial charge in [-0.1, -0.05) is 6.92 Å². The molecular weight excluding hydrogens is 164 g/mol. The highest BCUT2D eigenvalue weighted by atomic mass is 16.3. The molecule has 1 unspecified atom stereocenters. The van der Waals surface area contributed by atoms with Gasteiger partial charge in [0, 0.05) is 19.1 Å². The minimum atomic E-state index is 0.0113. The van der Waals surface area contributed by atoms with Gasteiger partial charge in [-0.2, -0.15) is 0 Å². The first kappa shape index (κ1) is 9.44. The van der Waals surface area contributed by atoms with Crippen molar-refractivity contribution in [2.45, 2.75) is 37.8 Å². The molecule has 1 saturated carbocycles. The Morgan fingerprint density at radius 3 is 2.85 bits per heavy atom. The Kier molecular flexibility index (Phi) is 2.58. The molecule has 0 bridgehead atoms. The van der Waals surface area contributed by atoms with Crippen molar-refractivity contribution in [3.63, 3.8) is 0 Å². The van der Waals surface area contributed by atoms with Crippen LogP contribution in [0.2, 0.25) is 0 Å². The number of hydrogen-bond donors (Lipinski definition) is 2. The molecule has 13 heavy (non-hydrogen) atoms. The Bertz CT molecular complexity index is 182. The Labute approximate surface area is 80.1 Å². The molecule has 2 N–H and O–H groups in total. The zero-order valence-electron chi connectivity index (χ0n) is 8.42. The number of rotatable bonds is 4. The van der Waals surface area contributed by atoms with Crippen LogP contribution in [0.1, 0.15) is 26.2 Å². The maximum Gasteiger partial charge on any atom is 0.0626 e. The third kappa shape index (κ3) is 1.87. The Balaban J connectivity index is 1.91. The van der Waals surface area contributed by atoms with Gasteiger partial charge in [-0.05, 0) is 25.8 Å². The van der Waals surface area contributed by atoms with E-state index >= 15 is 0 Å². The van der Waals surface area contributed by atoms with Gasteiger partial charge >= 0.3 is 0 Å². The first-order valence-electron chi connectivity index (χ1n) is 5.39. The first-order valence-corrected chi connectivity index (χ1v) is 5.39. The summed E-state index contributed by atoms with van der Waals surface area (Å²) in [6, 6.07) is 0.840. The van der Waals surface area contributed by atoms with Crippen LogP contribution in [0, 0.1) is 0 Å². The van der Waals surface area contributed by atoms with Crippen molar-refractivity contribution in [2.75, 3.05) is 26.2 Å². The highest BCUT2D eigenvalue weighted by Gasteiger charge is 2.42. The van der Waals surface area contributed by atoms with E-state index in [9.17, 15) is 5.11 Å². The zero-order valence-corrected chi connectivity index (χ0v) is 8.42. The smallest absolute Gasteiger partial charge is 0.0626 e. The fraction of sp³-hybridized carbons (Fsp3) is 1.00. The van der Waals surface area contributed by atoms with E-state index in [0.717, 1.165) is 32.1 Å². The molecule has 1 heterocycles. The normalized spacial score (nSPS) is 35.5. The summed E-state index contributed by atoms with van der Waals surface area (Å²) in [5.41, 5.74) is 0.0113. The molecule has 0 aromatic carbocycles. The Morgan fingerprint density at radius 2 is 2.31 bits per heavy atom. The second-order valence-corrected chi connectivity index (χ2v) is 4.42. The fourth-order valence-corrected chi connectivity index (χ4v) is 2.36. The average molecular weight is 184 g/mol. The Morgan fingerprint density at radius 1 is 1.54 bits per heavy atom. The number of aliphatic hydroxyl groups excluding tert-OH is 1. The van der Waals surface area contributed by atoms with Crippen molar-refractivity contribution in [3.05, 3.63) is 0 Å². The molecule has 2 aliphatic rings. The van der Waals surface area contributed by atoms with Gasteiger partial charge in [-0.15, -0.1) is 0 Å². The number of aliphatic hydroxyl groups is 1. The average Bonchev–Trinajstić information content (AvgIpc) is 2.90. The van der Waals surface area contributed by atoms with Crippen LogP contribution >= 0.6 is 0 Å². The molecule has 0 aromatic heterocycles. The van der Waals surface area contributed by atoms with E-state index < -0.39 is 0 Å². The molecule has 1 aliphatic heterocycles. The molecule has 1 atom stereocenters. The third-order valence-electron chi connectivity index (χ3n) is 3.30. The highest BCUT2D eigenvalue weighted by Crippen LogP contribution is 2.33. The lowest BCUT2D eigenvalue weighted by Gasteiger charge is -2.28. The van der Waals surface area contributed by atoms with E-state index in [2.05, 4.69) is 17.1 Å². The lowest BCUT2D eigenvalue weighted by Crippen LogP contribution is -2.50. The second-order valence-electron chi connectivity index (χ2n) is 4.42. The summed E-state index contributed by atoms with van der Waals surface area (Å²) in [6.45, 7) is 5.56. The molecule has 0 amide bonds. The van der Waals surface area contributed by atoms with Crippen molar-refractivity contribution in [1.29, 1.82) is 0 Å². The van der Waals surface area contributed by atoms with Gasteiger partial charge in [0.05, 0.1) is 12.1 Å².